The van der Waals surface area contributed by atoms with Crippen molar-refractivity contribution in [2.75, 3.05) is 0 Å². The monoisotopic (exact) mass is 191 g/mol. The summed E-state index contributed by atoms with van der Waals surface area (Å²) in [6.45, 7) is 0. The Labute approximate surface area is 78.1 Å². The summed E-state index contributed by atoms with van der Waals surface area (Å²) in [6, 6.07) is 6.25. The number of aromatic nitrogens is 4. The second-order valence-electron chi connectivity index (χ2n) is 2.50. The van der Waals surface area contributed by atoms with Crippen LogP contribution in [0.3, 0.4) is 0 Å². The number of hydrogen-bond donors (Lipinski definition) is 0. The fourth-order valence-electron chi connectivity index (χ4n) is 1.08. The minimum Gasteiger partial charge on any atom is -0.258 e. The van der Waals surface area contributed by atoms with Crippen LogP contribution in [0.1, 0.15) is 0 Å². The highest BCUT2D eigenvalue weighted by Crippen LogP contribution is 2.20. The molecule has 0 atom stereocenters. The molecule has 1 aromatic heterocycles. The first-order valence-electron chi connectivity index (χ1n) is 3.76. The first-order chi connectivity index (χ1) is 6.79. The van der Waals surface area contributed by atoms with Crippen LogP contribution in [0.15, 0.2) is 30.6 Å². The van der Waals surface area contributed by atoms with Gasteiger partial charge in [-0.25, -0.2) is 0 Å². The highest BCUT2D eigenvalue weighted by atomic mass is 16.6. The molecular weight excluding hydrogens is 186 g/mol. The second-order valence-corrected chi connectivity index (χ2v) is 2.50. The SMILES string of the molecule is O=[N+]([O-])c1ccccc1-n1cnnn1. The van der Waals surface area contributed by atoms with Crippen LogP contribution in [-0.4, -0.2) is 25.1 Å². The molecule has 7 heteroatoms. The first kappa shape index (κ1) is 8.30. The van der Waals surface area contributed by atoms with Crippen LogP contribution in [-0.2, 0) is 0 Å². The van der Waals surface area contributed by atoms with Gasteiger partial charge >= 0.3 is 0 Å². The van der Waals surface area contributed by atoms with E-state index < -0.39 is 4.92 Å². The molecule has 0 aliphatic rings. The minimum absolute atomic E-state index is 0.0280. The Bertz CT molecular complexity index is 453. The number of hydrogen-bond acceptors (Lipinski definition) is 5. The van der Waals surface area contributed by atoms with E-state index in [0.717, 1.165) is 0 Å². The molecule has 1 heterocycles. The summed E-state index contributed by atoms with van der Waals surface area (Å²) in [5, 5.41) is 21.0. The van der Waals surface area contributed by atoms with Gasteiger partial charge in [0.1, 0.15) is 12.0 Å². The zero-order chi connectivity index (χ0) is 9.97. The van der Waals surface area contributed by atoms with Crippen LogP contribution in [0, 0.1) is 10.1 Å². The van der Waals surface area contributed by atoms with Crippen molar-refractivity contribution in [2.24, 2.45) is 0 Å². The molecule has 2 aromatic rings. The van der Waals surface area contributed by atoms with Crippen LogP contribution >= 0.6 is 0 Å². The van der Waals surface area contributed by atoms with Gasteiger partial charge in [0, 0.05) is 6.07 Å². The van der Waals surface area contributed by atoms with E-state index in [-0.39, 0.29) is 5.69 Å². The largest absolute Gasteiger partial charge is 0.295 e. The van der Waals surface area contributed by atoms with Crippen LogP contribution in [0.25, 0.3) is 5.69 Å². The standard InChI is InChI=1S/C7H5N5O2/c13-12(14)7-4-2-1-3-6(7)11-5-8-9-10-11/h1-5H. The first-order valence-corrected chi connectivity index (χ1v) is 3.76. The molecule has 1 aromatic carbocycles. The number of nitro benzene ring substituents is 1. The van der Waals surface area contributed by atoms with E-state index in [0.29, 0.717) is 5.69 Å². The Morgan fingerprint density at radius 1 is 1.36 bits per heavy atom. The number of rotatable bonds is 2. The summed E-state index contributed by atoms with van der Waals surface area (Å²) < 4.78 is 1.25. The topological polar surface area (TPSA) is 86.7 Å². The molecule has 2 rings (SSSR count). The maximum Gasteiger partial charge on any atom is 0.295 e. The molecule has 0 saturated heterocycles. The highest BCUT2D eigenvalue weighted by Gasteiger charge is 2.14. The lowest BCUT2D eigenvalue weighted by Gasteiger charge is -1.99. The lowest BCUT2D eigenvalue weighted by atomic mass is 10.3. The number of benzene rings is 1. The van der Waals surface area contributed by atoms with Gasteiger partial charge in [0.05, 0.1) is 4.92 Å². The fourth-order valence-corrected chi connectivity index (χ4v) is 1.08. The van der Waals surface area contributed by atoms with Crippen LogP contribution in [0.5, 0.6) is 0 Å². The van der Waals surface area contributed by atoms with Crippen molar-refractivity contribution < 1.29 is 4.92 Å². The summed E-state index contributed by atoms with van der Waals surface area (Å²) in [4.78, 5) is 10.2. The lowest BCUT2D eigenvalue weighted by Crippen LogP contribution is -2.00. The summed E-state index contributed by atoms with van der Waals surface area (Å²) >= 11 is 0. The van der Waals surface area contributed by atoms with Gasteiger partial charge in [-0.3, -0.25) is 10.1 Å². The summed E-state index contributed by atoms with van der Waals surface area (Å²) in [6.07, 6.45) is 1.31. The smallest absolute Gasteiger partial charge is 0.258 e. The average Bonchev–Trinajstić information content (AvgIpc) is 2.70. The third-order valence-corrected chi connectivity index (χ3v) is 1.67. The maximum atomic E-state index is 10.6. The Morgan fingerprint density at radius 2 is 2.14 bits per heavy atom. The molecule has 7 nitrogen and oxygen atoms in total. The molecule has 0 radical (unpaired) electrons. The zero-order valence-electron chi connectivity index (χ0n) is 6.94. The van der Waals surface area contributed by atoms with Gasteiger partial charge in [-0.05, 0) is 16.5 Å². The lowest BCUT2D eigenvalue weighted by molar-refractivity contribution is -0.384. The zero-order valence-corrected chi connectivity index (χ0v) is 6.94. The van der Waals surface area contributed by atoms with Gasteiger partial charge in [-0.1, -0.05) is 12.1 Å². The van der Waals surface area contributed by atoms with Gasteiger partial charge in [-0.15, -0.1) is 5.10 Å². The minimum atomic E-state index is -0.475. The Hall–Kier alpha value is -2.31. The molecular formula is C7H5N5O2. The van der Waals surface area contributed by atoms with Crippen molar-refractivity contribution in [1.82, 2.24) is 20.2 Å². The molecule has 0 saturated carbocycles. The molecule has 0 N–H and O–H groups in total. The molecule has 14 heavy (non-hydrogen) atoms. The number of nitro groups is 1. The van der Waals surface area contributed by atoms with Crippen LogP contribution in [0.4, 0.5) is 5.69 Å². The predicted octanol–water partition coefficient (Wildman–Crippen LogP) is 0.570. The van der Waals surface area contributed by atoms with E-state index in [1.165, 1.54) is 17.1 Å². The normalized spacial score (nSPS) is 10.0. The molecule has 0 bridgehead atoms. The number of tetrazole rings is 1. The van der Waals surface area contributed by atoms with Crippen molar-refractivity contribution >= 4 is 5.69 Å². The second kappa shape index (κ2) is 3.21. The van der Waals surface area contributed by atoms with Gasteiger partial charge in [-0.2, -0.15) is 4.68 Å². The molecule has 0 aliphatic carbocycles. The van der Waals surface area contributed by atoms with Gasteiger partial charge < -0.3 is 0 Å². The predicted molar refractivity (Wildman–Crippen MR) is 45.8 cm³/mol. The van der Waals surface area contributed by atoms with E-state index in [1.54, 1.807) is 18.2 Å². The Morgan fingerprint density at radius 3 is 2.79 bits per heavy atom. The number of nitrogens with zero attached hydrogens (tertiary/aromatic N) is 5. The van der Waals surface area contributed by atoms with E-state index >= 15 is 0 Å². The Kier molecular flexibility index (Phi) is 1.90. The van der Waals surface area contributed by atoms with Crippen molar-refractivity contribution in [2.45, 2.75) is 0 Å². The van der Waals surface area contributed by atoms with Crippen molar-refractivity contribution in [3.63, 3.8) is 0 Å². The van der Waals surface area contributed by atoms with Gasteiger partial charge in [0.15, 0.2) is 0 Å². The molecule has 0 unspecified atom stereocenters. The summed E-state index contributed by atoms with van der Waals surface area (Å²) in [5.41, 5.74) is 0.322. The molecule has 70 valence electrons. The van der Waals surface area contributed by atoms with E-state index in [2.05, 4.69) is 15.5 Å². The number of para-hydroxylation sites is 2. The van der Waals surface area contributed by atoms with Gasteiger partial charge in [0.25, 0.3) is 5.69 Å². The quantitative estimate of drug-likeness (QED) is 0.511. The Balaban J connectivity index is 2.58. The third kappa shape index (κ3) is 1.30. The third-order valence-electron chi connectivity index (χ3n) is 1.67. The fraction of sp³-hybridized carbons (Fsp3) is 0. The summed E-state index contributed by atoms with van der Waals surface area (Å²) in [5.74, 6) is 0. The van der Waals surface area contributed by atoms with E-state index in [4.69, 9.17) is 0 Å². The van der Waals surface area contributed by atoms with Crippen LogP contribution < -0.4 is 0 Å². The van der Waals surface area contributed by atoms with Crippen LogP contribution in [0.2, 0.25) is 0 Å². The molecule has 0 amide bonds. The van der Waals surface area contributed by atoms with Crippen molar-refractivity contribution in [1.29, 1.82) is 0 Å². The molecule has 0 spiro atoms. The van der Waals surface area contributed by atoms with E-state index in [1.807, 2.05) is 0 Å². The maximum absolute atomic E-state index is 10.6. The molecule has 0 aliphatic heterocycles. The van der Waals surface area contributed by atoms with Crippen molar-refractivity contribution in [3.05, 3.63) is 40.7 Å². The summed E-state index contributed by atoms with van der Waals surface area (Å²) in [7, 11) is 0. The van der Waals surface area contributed by atoms with Crippen molar-refractivity contribution in [3.8, 4) is 5.69 Å². The highest BCUT2D eigenvalue weighted by molar-refractivity contribution is 5.50. The van der Waals surface area contributed by atoms with E-state index in [9.17, 15) is 10.1 Å². The molecule has 0 fully saturated rings. The van der Waals surface area contributed by atoms with Gasteiger partial charge in [0.2, 0.25) is 0 Å². The average molecular weight is 191 g/mol.